The van der Waals surface area contributed by atoms with Gasteiger partial charge < -0.3 is 15.4 Å². The molecule has 4 amide bonds. The molecule has 3 fully saturated rings. The van der Waals surface area contributed by atoms with Crippen molar-refractivity contribution in [3.05, 3.63) is 35.4 Å². The molecule has 0 unspecified atom stereocenters. The summed E-state index contributed by atoms with van der Waals surface area (Å²) in [6.45, 7) is 4.22. The van der Waals surface area contributed by atoms with E-state index in [9.17, 15) is 14.4 Å². The minimum Gasteiger partial charge on any atom is -0.379 e. The Morgan fingerprint density at radius 3 is 2.50 bits per heavy atom. The Morgan fingerprint density at radius 2 is 1.77 bits per heavy atom. The number of imide groups is 1. The number of urea groups is 1. The third kappa shape index (κ3) is 4.49. The summed E-state index contributed by atoms with van der Waals surface area (Å²) < 4.78 is 5.41. The van der Waals surface area contributed by atoms with E-state index in [1.54, 1.807) is 0 Å². The van der Waals surface area contributed by atoms with Gasteiger partial charge in [-0.2, -0.15) is 0 Å². The lowest BCUT2D eigenvalue weighted by atomic mass is 9.82. The second-order valence-electron chi connectivity index (χ2n) is 8.40. The van der Waals surface area contributed by atoms with E-state index in [-0.39, 0.29) is 18.4 Å². The van der Waals surface area contributed by atoms with Crippen molar-refractivity contribution in [1.29, 1.82) is 0 Å². The van der Waals surface area contributed by atoms with Gasteiger partial charge in [0.1, 0.15) is 12.1 Å². The molecule has 2 heterocycles. The van der Waals surface area contributed by atoms with Crippen LogP contribution in [0.4, 0.5) is 4.79 Å². The normalized spacial score (nSPS) is 21.7. The van der Waals surface area contributed by atoms with Crippen LogP contribution in [0.15, 0.2) is 24.3 Å². The Bertz CT molecular complexity index is 800. The van der Waals surface area contributed by atoms with Gasteiger partial charge in [0.15, 0.2) is 0 Å². The summed E-state index contributed by atoms with van der Waals surface area (Å²) >= 11 is 0. The van der Waals surface area contributed by atoms with E-state index < -0.39 is 11.6 Å². The van der Waals surface area contributed by atoms with Crippen LogP contribution in [0.2, 0.25) is 0 Å². The van der Waals surface area contributed by atoms with Crippen molar-refractivity contribution in [3.8, 4) is 0 Å². The molecule has 1 aliphatic carbocycles. The fraction of sp³-hybridized carbons (Fsp3) is 0.591. The first-order valence-electron chi connectivity index (χ1n) is 10.9. The van der Waals surface area contributed by atoms with Gasteiger partial charge >= 0.3 is 6.03 Å². The van der Waals surface area contributed by atoms with Crippen molar-refractivity contribution in [3.63, 3.8) is 0 Å². The highest BCUT2D eigenvalue weighted by Gasteiger charge is 2.51. The highest BCUT2D eigenvalue weighted by molar-refractivity contribution is 6.09. The summed E-state index contributed by atoms with van der Waals surface area (Å²) in [5.41, 5.74) is 1.41. The van der Waals surface area contributed by atoms with Gasteiger partial charge in [-0.05, 0) is 24.0 Å². The molecule has 162 valence electrons. The maximum Gasteiger partial charge on any atom is 0.325 e. The van der Waals surface area contributed by atoms with Crippen molar-refractivity contribution in [2.45, 2.75) is 50.7 Å². The number of ether oxygens (including phenoxy) is 1. The van der Waals surface area contributed by atoms with Crippen LogP contribution in [0.5, 0.6) is 0 Å². The fourth-order valence-corrected chi connectivity index (χ4v) is 4.59. The molecule has 0 aromatic heterocycles. The standard InChI is InChI=1S/C22H30N4O4/c27-19(16-26-20(28)22(24-21(26)29)8-4-1-5-9-22)23-14-17-6-2-3-7-18(17)15-25-10-12-30-13-11-25/h2-3,6-7H,1,4-5,8-16H2,(H,23,27)(H,24,29). The summed E-state index contributed by atoms with van der Waals surface area (Å²) in [6, 6.07) is 7.57. The third-order valence-corrected chi connectivity index (χ3v) is 6.35. The Kier molecular flexibility index (Phi) is 6.34. The van der Waals surface area contributed by atoms with Crippen molar-refractivity contribution in [2.75, 3.05) is 32.8 Å². The molecule has 30 heavy (non-hydrogen) atoms. The summed E-state index contributed by atoms with van der Waals surface area (Å²) in [4.78, 5) is 41.1. The number of rotatable bonds is 6. The number of amides is 4. The first-order chi connectivity index (χ1) is 14.6. The van der Waals surface area contributed by atoms with E-state index in [1.165, 1.54) is 0 Å². The van der Waals surface area contributed by atoms with Crippen LogP contribution >= 0.6 is 0 Å². The Labute approximate surface area is 176 Å². The minimum absolute atomic E-state index is 0.238. The molecule has 0 radical (unpaired) electrons. The smallest absolute Gasteiger partial charge is 0.325 e. The molecule has 0 bridgehead atoms. The van der Waals surface area contributed by atoms with Crippen molar-refractivity contribution in [2.24, 2.45) is 0 Å². The highest BCUT2D eigenvalue weighted by Crippen LogP contribution is 2.33. The number of carbonyl (C=O) groups is 3. The lowest BCUT2D eigenvalue weighted by molar-refractivity contribution is -0.135. The van der Waals surface area contributed by atoms with Crippen LogP contribution in [0.1, 0.15) is 43.2 Å². The summed E-state index contributed by atoms with van der Waals surface area (Å²) in [6.07, 6.45) is 4.24. The monoisotopic (exact) mass is 414 g/mol. The number of hydrogen-bond donors (Lipinski definition) is 2. The van der Waals surface area contributed by atoms with E-state index in [0.29, 0.717) is 19.4 Å². The van der Waals surface area contributed by atoms with Gasteiger partial charge in [-0.1, -0.05) is 43.5 Å². The zero-order chi connectivity index (χ0) is 21.0. The Balaban J connectivity index is 1.33. The molecule has 3 aliphatic rings. The fourth-order valence-electron chi connectivity index (χ4n) is 4.59. The van der Waals surface area contributed by atoms with E-state index in [4.69, 9.17) is 4.74 Å². The van der Waals surface area contributed by atoms with Gasteiger partial charge in [0.25, 0.3) is 5.91 Å². The van der Waals surface area contributed by atoms with Gasteiger partial charge in [0.2, 0.25) is 5.91 Å². The first-order valence-corrected chi connectivity index (χ1v) is 10.9. The molecule has 1 aromatic carbocycles. The molecule has 2 aliphatic heterocycles. The van der Waals surface area contributed by atoms with E-state index in [0.717, 1.165) is 68.1 Å². The largest absolute Gasteiger partial charge is 0.379 e. The first kappa shape index (κ1) is 20.8. The average Bonchev–Trinajstić information content (AvgIpc) is 2.98. The van der Waals surface area contributed by atoms with Gasteiger partial charge in [-0.3, -0.25) is 19.4 Å². The molecule has 8 heteroatoms. The number of morpholine rings is 1. The quantitative estimate of drug-likeness (QED) is 0.687. The van der Waals surface area contributed by atoms with Crippen LogP contribution < -0.4 is 10.6 Å². The Morgan fingerprint density at radius 1 is 1.07 bits per heavy atom. The number of hydrogen-bond acceptors (Lipinski definition) is 5. The minimum atomic E-state index is -0.791. The molecule has 0 atom stereocenters. The summed E-state index contributed by atoms with van der Waals surface area (Å²) in [7, 11) is 0. The lowest BCUT2D eigenvalue weighted by Gasteiger charge is -2.30. The van der Waals surface area contributed by atoms with Crippen LogP contribution in [-0.4, -0.2) is 66.0 Å². The van der Waals surface area contributed by atoms with Crippen LogP contribution in [0, 0.1) is 0 Å². The predicted octanol–water partition coefficient (Wildman–Crippen LogP) is 1.39. The maximum atomic E-state index is 12.8. The number of nitrogens with one attached hydrogen (secondary N) is 2. The van der Waals surface area contributed by atoms with Gasteiger partial charge in [0, 0.05) is 26.2 Å². The van der Waals surface area contributed by atoms with Crippen LogP contribution in [-0.2, 0) is 27.4 Å². The molecule has 4 rings (SSSR count). The second kappa shape index (κ2) is 9.14. The molecule has 1 spiro atoms. The molecule has 2 N–H and O–H groups in total. The topological polar surface area (TPSA) is 91.0 Å². The second-order valence-corrected chi connectivity index (χ2v) is 8.40. The number of nitrogens with zero attached hydrogens (tertiary/aromatic N) is 2. The van der Waals surface area contributed by atoms with Crippen molar-refractivity contribution < 1.29 is 19.1 Å². The van der Waals surface area contributed by atoms with Gasteiger partial charge in [-0.25, -0.2) is 4.79 Å². The molecular weight excluding hydrogens is 384 g/mol. The average molecular weight is 415 g/mol. The molecule has 2 saturated heterocycles. The molecule has 8 nitrogen and oxygen atoms in total. The lowest BCUT2D eigenvalue weighted by Crippen LogP contribution is -2.49. The van der Waals surface area contributed by atoms with Crippen LogP contribution in [0.3, 0.4) is 0 Å². The van der Waals surface area contributed by atoms with Crippen molar-refractivity contribution in [1.82, 2.24) is 20.4 Å². The molecule has 1 saturated carbocycles. The highest BCUT2D eigenvalue weighted by atomic mass is 16.5. The van der Waals surface area contributed by atoms with E-state index in [1.807, 2.05) is 18.2 Å². The zero-order valence-corrected chi connectivity index (χ0v) is 17.3. The predicted molar refractivity (Wildman–Crippen MR) is 110 cm³/mol. The SMILES string of the molecule is O=C(CN1C(=O)NC2(CCCCC2)C1=O)NCc1ccccc1CN1CCOCC1. The van der Waals surface area contributed by atoms with E-state index >= 15 is 0 Å². The third-order valence-electron chi connectivity index (χ3n) is 6.35. The number of carbonyl (C=O) groups excluding carboxylic acids is 3. The summed E-state index contributed by atoms with van der Waals surface area (Å²) in [5.74, 6) is -0.581. The van der Waals surface area contributed by atoms with Gasteiger partial charge in [0.05, 0.1) is 13.2 Å². The van der Waals surface area contributed by atoms with Crippen molar-refractivity contribution >= 4 is 17.8 Å². The summed E-state index contributed by atoms with van der Waals surface area (Å²) in [5, 5.41) is 5.72. The molecule has 1 aromatic rings. The zero-order valence-electron chi connectivity index (χ0n) is 17.3. The molecular formula is C22H30N4O4. The maximum absolute atomic E-state index is 12.8. The van der Waals surface area contributed by atoms with E-state index in [2.05, 4.69) is 21.6 Å². The Hall–Kier alpha value is -2.45. The number of benzene rings is 1. The van der Waals surface area contributed by atoms with Crippen LogP contribution in [0.25, 0.3) is 0 Å². The van der Waals surface area contributed by atoms with Gasteiger partial charge in [-0.15, -0.1) is 0 Å².